The standard InChI is InChI=1S/C14H16F3NO2.C13H14F3NO2/c1-9(19)3-4-10(2)20-12-6-5-11(8-18)13(7-12)14(15,16)17;14-13(15,16)12-8-11(5-4-10(12)9-17)19-7-3-1-2-6-18/h5-7,9-10,19H,3-4H2,1-2H3;4-5,8,18H,1-3,6-7H2/t9-,10-;/m0./s1. The van der Waals surface area contributed by atoms with Crippen molar-refractivity contribution in [1.82, 2.24) is 0 Å². The van der Waals surface area contributed by atoms with E-state index in [0.717, 1.165) is 30.7 Å². The first-order valence-electron chi connectivity index (χ1n) is 12.0. The summed E-state index contributed by atoms with van der Waals surface area (Å²) in [7, 11) is 0. The fourth-order valence-corrected chi connectivity index (χ4v) is 3.22. The number of unbranched alkanes of at least 4 members (excludes halogenated alkanes) is 2. The summed E-state index contributed by atoms with van der Waals surface area (Å²) in [5.74, 6) is 0.157. The number of benzene rings is 2. The molecule has 0 saturated heterocycles. The van der Waals surface area contributed by atoms with Crippen LogP contribution in [-0.4, -0.2) is 35.6 Å². The fraction of sp³-hybridized carbons (Fsp3) is 0.481. The summed E-state index contributed by atoms with van der Waals surface area (Å²) in [5.41, 5.74) is -2.83. The molecule has 2 N–H and O–H groups in total. The van der Waals surface area contributed by atoms with Crippen LogP contribution in [0.15, 0.2) is 36.4 Å². The summed E-state index contributed by atoms with van der Waals surface area (Å²) in [6.45, 7) is 3.72. The van der Waals surface area contributed by atoms with Crippen LogP contribution in [-0.2, 0) is 12.4 Å². The number of alkyl halides is 6. The topological polar surface area (TPSA) is 106 Å². The van der Waals surface area contributed by atoms with Crippen LogP contribution in [0.5, 0.6) is 11.5 Å². The number of nitriles is 2. The molecule has 6 nitrogen and oxygen atoms in total. The van der Waals surface area contributed by atoms with Crippen molar-refractivity contribution in [2.75, 3.05) is 13.2 Å². The van der Waals surface area contributed by atoms with E-state index in [1.54, 1.807) is 13.8 Å². The highest BCUT2D eigenvalue weighted by molar-refractivity contribution is 5.45. The summed E-state index contributed by atoms with van der Waals surface area (Å²) < 4.78 is 86.9. The lowest BCUT2D eigenvalue weighted by Crippen LogP contribution is -2.15. The van der Waals surface area contributed by atoms with E-state index >= 15 is 0 Å². The second kappa shape index (κ2) is 15.8. The molecule has 214 valence electrons. The van der Waals surface area contributed by atoms with E-state index in [9.17, 15) is 26.3 Å². The van der Waals surface area contributed by atoms with E-state index in [-0.39, 0.29) is 30.8 Å². The van der Waals surface area contributed by atoms with Crippen molar-refractivity contribution in [2.45, 2.75) is 70.5 Å². The predicted molar refractivity (Wildman–Crippen MR) is 130 cm³/mol. The molecule has 0 fully saturated rings. The number of rotatable bonds is 11. The van der Waals surface area contributed by atoms with Gasteiger partial charge in [0.25, 0.3) is 0 Å². The summed E-state index contributed by atoms with van der Waals surface area (Å²) in [4.78, 5) is 0. The molecule has 39 heavy (non-hydrogen) atoms. The van der Waals surface area contributed by atoms with Crippen molar-refractivity contribution >= 4 is 0 Å². The van der Waals surface area contributed by atoms with Gasteiger partial charge < -0.3 is 19.7 Å². The number of ether oxygens (including phenoxy) is 2. The number of aliphatic hydroxyl groups is 2. The number of halogens is 6. The summed E-state index contributed by atoms with van der Waals surface area (Å²) in [5, 5.41) is 35.0. The average Bonchev–Trinajstić information content (AvgIpc) is 2.86. The maximum absolute atomic E-state index is 12.8. The van der Waals surface area contributed by atoms with Crippen LogP contribution >= 0.6 is 0 Å². The molecule has 0 amide bonds. The molecule has 0 heterocycles. The first kappa shape index (κ1) is 33.5. The van der Waals surface area contributed by atoms with Crippen LogP contribution in [0.3, 0.4) is 0 Å². The maximum Gasteiger partial charge on any atom is 0.417 e. The minimum Gasteiger partial charge on any atom is -0.494 e. The molecular weight excluding hydrogens is 530 g/mol. The minimum absolute atomic E-state index is 0.0643. The molecule has 2 aromatic carbocycles. The molecule has 0 bridgehead atoms. The fourth-order valence-electron chi connectivity index (χ4n) is 3.22. The first-order valence-corrected chi connectivity index (χ1v) is 12.0. The number of aliphatic hydroxyl groups excluding tert-OH is 2. The Morgan fingerprint density at radius 2 is 1.31 bits per heavy atom. The van der Waals surface area contributed by atoms with Gasteiger partial charge in [0.1, 0.15) is 11.5 Å². The highest BCUT2D eigenvalue weighted by Crippen LogP contribution is 2.35. The van der Waals surface area contributed by atoms with Crippen molar-refractivity contribution in [1.29, 1.82) is 10.5 Å². The van der Waals surface area contributed by atoms with Gasteiger partial charge in [0.2, 0.25) is 0 Å². The molecule has 0 aromatic heterocycles. The lowest BCUT2D eigenvalue weighted by Gasteiger charge is -2.17. The van der Waals surface area contributed by atoms with Gasteiger partial charge in [-0.05, 0) is 82.3 Å². The number of nitrogens with zero attached hydrogens (tertiary/aromatic N) is 2. The predicted octanol–water partition coefficient (Wildman–Crippen LogP) is 6.62. The van der Waals surface area contributed by atoms with Crippen molar-refractivity contribution in [3.63, 3.8) is 0 Å². The van der Waals surface area contributed by atoms with Crippen LogP contribution in [0, 0.1) is 22.7 Å². The molecule has 0 unspecified atom stereocenters. The highest BCUT2D eigenvalue weighted by Gasteiger charge is 2.35. The third-order valence-electron chi connectivity index (χ3n) is 5.23. The van der Waals surface area contributed by atoms with Crippen molar-refractivity contribution in [3.05, 3.63) is 58.7 Å². The lowest BCUT2D eigenvalue weighted by molar-refractivity contribution is -0.138. The summed E-state index contributed by atoms with van der Waals surface area (Å²) in [6, 6.07) is 9.58. The van der Waals surface area contributed by atoms with Gasteiger partial charge in [0.15, 0.2) is 0 Å². The van der Waals surface area contributed by atoms with Gasteiger partial charge in [-0.15, -0.1) is 0 Å². The van der Waals surface area contributed by atoms with E-state index in [0.29, 0.717) is 25.7 Å². The molecule has 0 aliphatic rings. The van der Waals surface area contributed by atoms with Crippen molar-refractivity contribution in [2.24, 2.45) is 0 Å². The van der Waals surface area contributed by atoms with Crippen LogP contribution in [0.1, 0.15) is 68.2 Å². The quantitative estimate of drug-likeness (QED) is 0.236. The molecule has 2 aromatic rings. The molecule has 0 spiro atoms. The second-order valence-corrected chi connectivity index (χ2v) is 8.62. The Kier molecular flexibility index (Phi) is 13.6. The Morgan fingerprint density at radius 1 is 0.795 bits per heavy atom. The van der Waals surface area contributed by atoms with Crippen molar-refractivity contribution in [3.8, 4) is 23.6 Å². The average molecular weight is 561 g/mol. The van der Waals surface area contributed by atoms with Gasteiger partial charge in [-0.1, -0.05) is 0 Å². The molecular formula is C27H30F6N2O4. The van der Waals surface area contributed by atoms with Gasteiger partial charge in [-0.25, -0.2) is 0 Å². The van der Waals surface area contributed by atoms with Gasteiger partial charge in [-0.2, -0.15) is 36.9 Å². The number of hydrogen-bond acceptors (Lipinski definition) is 6. The SMILES string of the molecule is C[C@H](O)CC[C@H](C)Oc1ccc(C#N)c(C(F)(F)F)c1.N#Cc1ccc(OCCCCCO)cc1C(F)(F)F. The maximum atomic E-state index is 12.8. The number of hydrogen-bond donors (Lipinski definition) is 2. The second-order valence-electron chi connectivity index (χ2n) is 8.62. The Hall–Kier alpha value is -3.48. The zero-order valence-corrected chi connectivity index (χ0v) is 21.4. The summed E-state index contributed by atoms with van der Waals surface area (Å²) >= 11 is 0. The Morgan fingerprint density at radius 3 is 1.77 bits per heavy atom. The van der Waals surface area contributed by atoms with Gasteiger partial charge in [0.05, 0.1) is 53.2 Å². The van der Waals surface area contributed by atoms with E-state index in [4.69, 9.17) is 30.2 Å². The van der Waals surface area contributed by atoms with Crippen LogP contribution in [0.2, 0.25) is 0 Å². The van der Waals surface area contributed by atoms with E-state index in [2.05, 4.69) is 0 Å². The third kappa shape index (κ3) is 12.3. The molecule has 2 atom stereocenters. The van der Waals surface area contributed by atoms with Crippen molar-refractivity contribution < 1.29 is 46.0 Å². The smallest absolute Gasteiger partial charge is 0.417 e. The van der Waals surface area contributed by atoms with E-state index in [1.165, 1.54) is 24.3 Å². The van der Waals surface area contributed by atoms with Crippen LogP contribution < -0.4 is 9.47 Å². The third-order valence-corrected chi connectivity index (χ3v) is 5.23. The van der Waals surface area contributed by atoms with E-state index < -0.39 is 40.7 Å². The molecule has 0 saturated carbocycles. The first-order chi connectivity index (χ1) is 18.2. The Bertz CT molecular complexity index is 1120. The molecule has 0 aliphatic carbocycles. The molecule has 0 radical (unpaired) electrons. The normalized spacial score (nSPS) is 12.8. The molecule has 2 rings (SSSR count). The molecule has 12 heteroatoms. The molecule has 0 aliphatic heterocycles. The van der Waals surface area contributed by atoms with E-state index in [1.807, 2.05) is 0 Å². The Balaban J connectivity index is 0.000000391. The van der Waals surface area contributed by atoms with Gasteiger partial charge in [-0.3, -0.25) is 0 Å². The Labute approximate surface area is 223 Å². The van der Waals surface area contributed by atoms with Gasteiger partial charge >= 0.3 is 12.4 Å². The lowest BCUT2D eigenvalue weighted by atomic mass is 10.1. The minimum atomic E-state index is -4.59. The zero-order valence-electron chi connectivity index (χ0n) is 21.4. The monoisotopic (exact) mass is 560 g/mol. The van der Waals surface area contributed by atoms with Crippen LogP contribution in [0.25, 0.3) is 0 Å². The van der Waals surface area contributed by atoms with Crippen LogP contribution in [0.4, 0.5) is 26.3 Å². The summed E-state index contributed by atoms with van der Waals surface area (Å²) in [6.07, 6.45) is -6.88. The zero-order chi connectivity index (χ0) is 29.6. The van der Waals surface area contributed by atoms with Gasteiger partial charge in [0, 0.05) is 6.61 Å². The largest absolute Gasteiger partial charge is 0.494 e. The highest BCUT2D eigenvalue weighted by atomic mass is 19.4.